The van der Waals surface area contributed by atoms with Crippen molar-refractivity contribution in [1.29, 1.82) is 0 Å². The van der Waals surface area contributed by atoms with E-state index in [0.717, 1.165) is 11.1 Å². The smallest absolute Gasteiger partial charge is 0.123 e. The highest BCUT2D eigenvalue weighted by molar-refractivity contribution is 5.66. The molecular formula is C10H9FN2. The number of aromatic amines is 1. The summed E-state index contributed by atoms with van der Waals surface area (Å²) in [4.78, 5) is 2.87. The third-order valence-corrected chi connectivity index (χ3v) is 1.88. The lowest BCUT2D eigenvalue weighted by atomic mass is 10.1. The van der Waals surface area contributed by atoms with E-state index in [1.54, 1.807) is 18.3 Å². The molecule has 13 heavy (non-hydrogen) atoms. The maximum absolute atomic E-state index is 12.6. The van der Waals surface area contributed by atoms with Gasteiger partial charge in [0.25, 0.3) is 0 Å². The van der Waals surface area contributed by atoms with Gasteiger partial charge in [0.05, 0.1) is 0 Å². The fourth-order valence-electron chi connectivity index (χ4n) is 1.22. The molecule has 3 heteroatoms. The van der Waals surface area contributed by atoms with Crippen LogP contribution in [0.5, 0.6) is 0 Å². The minimum Gasteiger partial charge on any atom is -0.385 e. The Morgan fingerprint density at radius 1 is 1.08 bits per heavy atom. The minimum absolute atomic E-state index is 0.229. The highest BCUT2D eigenvalue weighted by Crippen LogP contribution is 2.20. The monoisotopic (exact) mass is 176 g/mol. The van der Waals surface area contributed by atoms with Crippen molar-refractivity contribution < 1.29 is 4.39 Å². The van der Waals surface area contributed by atoms with Gasteiger partial charge in [-0.15, -0.1) is 0 Å². The first kappa shape index (κ1) is 7.86. The highest BCUT2D eigenvalue weighted by Gasteiger charge is 1.99. The summed E-state index contributed by atoms with van der Waals surface area (Å²) in [5, 5.41) is 0. The SMILES string of the molecule is Nc1cc(-c2ccc(F)cc2)c[nH]1. The molecule has 0 radical (unpaired) electrons. The molecule has 0 amide bonds. The van der Waals surface area contributed by atoms with Crippen molar-refractivity contribution in [3.05, 3.63) is 42.3 Å². The topological polar surface area (TPSA) is 41.8 Å². The zero-order valence-corrected chi connectivity index (χ0v) is 6.92. The van der Waals surface area contributed by atoms with Crippen LogP contribution in [0.1, 0.15) is 0 Å². The Hall–Kier alpha value is -1.77. The van der Waals surface area contributed by atoms with Crippen molar-refractivity contribution in [3.63, 3.8) is 0 Å². The lowest BCUT2D eigenvalue weighted by Gasteiger charge is -1.95. The lowest BCUT2D eigenvalue weighted by Crippen LogP contribution is -1.80. The number of nitrogens with one attached hydrogen (secondary N) is 1. The number of nitrogen functional groups attached to an aromatic ring is 1. The molecule has 1 aromatic heterocycles. The number of rotatable bonds is 1. The van der Waals surface area contributed by atoms with Crippen LogP contribution in [-0.2, 0) is 0 Å². The Balaban J connectivity index is 2.41. The highest BCUT2D eigenvalue weighted by atomic mass is 19.1. The summed E-state index contributed by atoms with van der Waals surface area (Å²) >= 11 is 0. The predicted octanol–water partition coefficient (Wildman–Crippen LogP) is 2.40. The van der Waals surface area contributed by atoms with Gasteiger partial charge < -0.3 is 10.7 Å². The molecule has 0 unspecified atom stereocenters. The summed E-state index contributed by atoms with van der Waals surface area (Å²) in [6.07, 6.45) is 1.79. The van der Waals surface area contributed by atoms with Crippen LogP contribution in [0.15, 0.2) is 36.5 Å². The fraction of sp³-hybridized carbons (Fsp3) is 0. The molecule has 0 aliphatic carbocycles. The van der Waals surface area contributed by atoms with E-state index in [9.17, 15) is 4.39 Å². The van der Waals surface area contributed by atoms with Gasteiger partial charge in [0.1, 0.15) is 11.6 Å². The third-order valence-electron chi connectivity index (χ3n) is 1.88. The summed E-state index contributed by atoms with van der Waals surface area (Å²) in [5.74, 6) is 0.381. The van der Waals surface area contributed by atoms with E-state index in [-0.39, 0.29) is 5.82 Å². The number of benzene rings is 1. The Kier molecular flexibility index (Phi) is 1.77. The maximum atomic E-state index is 12.6. The molecule has 3 N–H and O–H groups in total. The molecule has 1 aromatic carbocycles. The summed E-state index contributed by atoms with van der Waals surface area (Å²) in [6, 6.07) is 8.11. The van der Waals surface area contributed by atoms with E-state index in [1.165, 1.54) is 12.1 Å². The van der Waals surface area contributed by atoms with Crippen molar-refractivity contribution in [1.82, 2.24) is 4.98 Å². The molecule has 0 aliphatic heterocycles. The van der Waals surface area contributed by atoms with Crippen LogP contribution >= 0.6 is 0 Å². The summed E-state index contributed by atoms with van der Waals surface area (Å²) < 4.78 is 12.6. The third kappa shape index (κ3) is 1.54. The zero-order valence-electron chi connectivity index (χ0n) is 6.92. The molecule has 0 aliphatic rings. The minimum atomic E-state index is -0.229. The van der Waals surface area contributed by atoms with Gasteiger partial charge >= 0.3 is 0 Å². The lowest BCUT2D eigenvalue weighted by molar-refractivity contribution is 0.628. The van der Waals surface area contributed by atoms with Crippen LogP contribution in [0, 0.1) is 5.82 Å². The molecular weight excluding hydrogens is 167 g/mol. The summed E-state index contributed by atoms with van der Waals surface area (Å²) in [7, 11) is 0. The second-order valence-corrected chi connectivity index (χ2v) is 2.85. The van der Waals surface area contributed by atoms with Gasteiger partial charge in [-0.25, -0.2) is 4.39 Å². The molecule has 66 valence electrons. The summed E-state index contributed by atoms with van der Waals surface area (Å²) in [6.45, 7) is 0. The Bertz CT molecular complexity index is 403. The van der Waals surface area contributed by atoms with Crippen molar-refractivity contribution in [2.45, 2.75) is 0 Å². The van der Waals surface area contributed by atoms with Gasteiger partial charge in [0.2, 0.25) is 0 Å². The van der Waals surface area contributed by atoms with Gasteiger partial charge in [-0.3, -0.25) is 0 Å². The first-order valence-corrected chi connectivity index (χ1v) is 3.95. The predicted molar refractivity (Wildman–Crippen MR) is 50.6 cm³/mol. The molecule has 2 nitrogen and oxygen atoms in total. The average molecular weight is 176 g/mol. The number of H-pyrrole nitrogens is 1. The molecule has 0 bridgehead atoms. The van der Waals surface area contributed by atoms with Gasteiger partial charge in [0.15, 0.2) is 0 Å². The van der Waals surface area contributed by atoms with Crippen molar-refractivity contribution in [3.8, 4) is 11.1 Å². The van der Waals surface area contributed by atoms with E-state index in [0.29, 0.717) is 5.82 Å². The van der Waals surface area contributed by atoms with Crippen molar-refractivity contribution in [2.24, 2.45) is 0 Å². The van der Waals surface area contributed by atoms with Crippen LogP contribution in [-0.4, -0.2) is 4.98 Å². The van der Waals surface area contributed by atoms with E-state index >= 15 is 0 Å². The normalized spacial score (nSPS) is 10.2. The van der Waals surface area contributed by atoms with E-state index in [4.69, 9.17) is 5.73 Å². The van der Waals surface area contributed by atoms with Gasteiger partial charge in [-0.1, -0.05) is 12.1 Å². The molecule has 0 fully saturated rings. The van der Waals surface area contributed by atoms with Crippen molar-refractivity contribution in [2.75, 3.05) is 5.73 Å². The fourth-order valence-corrected chi connectivity index (χ4v) is 1.22. The van der Waals surface area contributed by atoms with Gasteiger partial charge in [-0.2, -0.15) is 0 Å². The largest absolute Gasteiger partial charge is 0.385 e. The van der Waals surface area contributed by atoms with E-state index in [2.05, 4.69) is 4.98 Å². The van der Waals surface area contributed by atoms with Crippen molar-refractivity contribution >= 4 is 5.82 Å². The first-order chi connectivity index (χ1) is 6.25. The molecule has 2 rings (SSSR count). The molecule has 0 saturated heterocycles. The quantitative estimate of drug-likeness (QED) is 0.688. The summed E-state index contributed by atoms with van der Waals surface area (Å²) in [5.41, 5.74) is 7.44. The van der Waals surface area contributed by atoms with Gasteiger partial charge in [-0.05, 0) is 23.8 Å². The van der Waals surface area contributed by atoms with E-state index < -0.39 is 0 Å². The molecule has 2 aromatic rings. The molecule has 1 heterocycles. The number of hydrogen-bond acceptors (Lipinski definition) is 1. The van der Waals surface area contributed by atoms with E-state index in [1.807, 2.05) is 6.07 Å². The second kappa shape index (κ2) is 2.94. The standard InChI is InChI=1S/C10H9FN2/c11-9-3-1-7(2-4-9)8-5-10(12)13-6-8/h1-6,13H,12H2. The number of aromatic nitrogens is 1. The first-order valence-electron chi connectivity index (χ1n) is 3.95. The molecule has 0 atom stereocenters. The number of hydrogen-bond donors (Lipinski definition) is 2. The maximum Gasteiger partial charge on any atom is 0.123 e. The van der Waals surface area contributed by atoms with Crippen LogP contribution in [0.4, 0.5) is 10.2 Å². The number of nitrogens with two attached hydrogens (primary N) is 1. The molecule has 0 saturated carbocycles. The average Bonchev–Trinajstić information content (AvgIpc) is 2.53. The Morgan fingerprint density at radius 3 is 2.31 bits per heavy atom. The Morgan fingerprint density at radius 2 is 1.77 bits per heavy atom. The van der Waals surface area contributed by atoms with Crippen LogP contribution < -0.4 is 5.73 Å². The van der Waals surface area contributed by atoms with Crippen LogP contribution in [0.2, 0.25) is 0 Å². The number of halogens is 1. The zero-order chi connectivity index (χ0) is 9.26. The van der Waals surface area contributed by atoms with Crippen LogP contribution in [0.3, 0.4) is 0 Å². The molecule has 0 spiro atoms. The van der Waals surface area contributed by atoms with Gasteiger partial charge in [0, 0.05) is 11.8 Å². The van der Waals surface area contributed by atoms with Crippen LogP contribution in [0.25, 0.3) is 11.1 Å². The number of anilines is 1. The second-order valence-electron chi connectivity index (χ2n) is 2.85. The Labute approximate surface area is 75.2 Å².